The van der Waals surface area contributed by atoms with Crippen LogP contribution in [0.3, 0.4) is 0 Å². The molecule has 0 aromatic carbocycles. The Labute approximate surface area is 409 Å². The molecule has 2 aliphatic rings. The summed E-state index contributed by atoms with van der Waals surface area (Å²) < 4.78 is 66.5. The summed E-state index contributed by atoms with van der Waals surface area (Å²) in [6.45, 7) is 2.31. The Bertz CT molecular complexity index is 2260. The van der Waals surface area contributed by atoms with Gasteiger partial charge in [0, 0.05) is 37.1 Å². The molecule has 6 N–H and O–H groups in total. The Morgan fingerprint density at radius 2 is 1.61 bits per heavy atom. The molecule has 29 heteroatoms. The molecule has 2 aliphatic heterocycles. The third kappa shape index (κ3) is 20.7. The molecule has 4 unspecified atom stereocenters. The van der Waals surface area contributed by atoms with E-state index in [1.807, 2.05) is 6.08 Å². The van der Waals surface area contributed by atoms with E-state index in [1.54, 1.807) is 0 Å². The van der Waals surface area contributed by atoms with Gasteiger partial charge < -0.3 is 73.8 Å². The minimum absolute atomic E-state index is 0.00107. The number of nitrogens with one attached hydrogen (secondary N) is 2. The first kappa shape index (κ1) is 59.3. The topological polar surface area (TPSA) is 387 Å². The smallest absolute Gasteiger partial charge is 0.274 e. The number of nitrogens with two attached hydrogens (primary N) is 1. The van der Waals surface area contributed by atoms with Gasteiger partial charge in [-0.15, -0.1) is 0 Å². The van der Waals surface area contributed by atoms with Crippen molar-refractivity contribution in [2.45, 2.75) is 134 Å². The number of aliphatic hydroxyl groups is 2. The third-order valence-electron chi connectivity index (χ3n) is 10.7. The van der Waals surface area contributed by atoms with Crippen LogP contribution in [0.25, 0.3) is 11.2 Å². The lowest BCUT2D eigenvalue weighted by Gasteiger charge is -2.36. The number of thioether (sulfide) groups is 1. The number of phosphoric acid groups is 3. The highest BCUT2D eigenvalue weighted by Crippen LogP contribution is 2.56. The number of amides is 2. The predicted octanol–water partition coefficient (Wildman–Crippen LogP) is 1.49. The van der Waals surface area contributed by atoms with Crippen LogP contribution in [0, 0.1) is 5.41 Å². The molecule has 2 aromatic rings. The van der Waals surface area contributed by atoms with Crippen molar-refractivity contribution in [3.05, 3.63) is 49.1 Å². The molecule has 2 amide bonds. The summed E-state index contributed by atoms with van der Waals surface area (Å²) in [5.41, 5.74) is 4.08. The van der Waals surface area contributed by atoms with Crippen molar-refractivity contribution < 1.29 is 85.2 Å². The average Bonchev–Trinajstić information content (AvgIpc) is 3.77. The molecule has 70 heavy (non-hydrogen) atoms. The van der Waals surface area contributed by atoms with E-state index >= 15 is 0 Å². The van der Waals surface area contributed by atoms with Crippen molar-refractivity contribution in [2.24, 2.45) is 5.41 Å². The number of nitrogen functional groups attached to an aromatic ring is 1. The molecule has 4 rings (SSSR count). The van der Waals surface area contributed by atoms with Gasteiger partial charge in [-0.1, -0.05) is 88.3 Å². The van der Waals surface area contributed by atoms with Gasteiger partial charge in [0.05, 0.1) is 39.6 Å². The Balaban J connectivity index is 1.06. The van der Waals surface area contributed by atoms with Gasteiger partial charge in [0.25, 0.3) is 15.6 Å². The molecule has 394 valence electrons. The Morgan fingerprint density at radius 3 is 2.33 bits per heavy atom. The second-order valence-corrected chi connectivity index (χ2v) is 22.1. The molecule has 0 radical (unpaired) electrons. The maximum Gasteiger partial charge on any atom is 0.274 e. The minimum atomic E-state index is -5.93. The van der Waals surface area contributed by atoms with Crippen LogP contribution in [0.2, 0.25) is 0 Å². The molecule has 25 nitrogen and oxygen atoms in total. The maximum atomic E-state index is 12.6. The number of nitrogens with zero attached hydrogens (tertiary/aromatic N) is 4. The van der Waals surface area contributed by atoms with Crippen molar-refractivity contribution >= 4 is 69.1 Å². The highest BCUT2D eigenvalue weighted by molar-refractivity contribution is 8.13. The molecule has 0 saturated carbocycles. The van der Waals surface area contributed by atoms with Crippen LogP contribution in [0.1, 0.15) is 97.6 Å². The Kier molecular flexibility index (Phi) is 23.9. The van der Waals surface area contributed by atoms with E-state index in [0.29, 0.717) is 30.8 Å². The van der Waals surface area contributed by atoms with Gasteiger partial charge in [-0.05, 0) is 38.5 Å². The number of aromatic nitrogens is 4. The van der Waals surface area contributed by atoms with Crippen molar-refractivity contribution in [2.75, 3.05) is 37.8 Å². The van der Waals surface area contributed by atoms with E-state index in [1.165, 1.54) is 33.1 Å². The van der Waals surface area contributed by atoms with Gasteiger partial charge in [-0.3, -0.25) is 28.1 Å². The summed E-state index contributed by atoms with van der Waals surface area (Å²) in [6, 6.07) is 0. The number of allylic oxidation sites excluding steroid dienone is 5. The molecule has 9 atom stereocenters. The van der Waals surface area contributed by atoms with Crippen LogP contribution < -0.4 is 35.9 Å². The zero-order valence-corrected chi connectivity index (χ0v) is 42.5. The van der Waals surface area contributed by atoms with E-state index in [2.05, 4.69) is 80.8 Å². The standard InChI is InChI=1S/C41H66N7O18P3S/c1-4-5-14-17-28-29(63-28)18-15-12-10-8-6-7-9-11-13-16-19-32(50)70-23-22-43-31(49)20-21-44-39(53)36(52)41(2,3)25-62-69(59,60)66-68(57,58)61-24-30-35(65-67(54,55)56)34(51)40(64-30)48-27-47-33-37(42)45-26-46-38(33)48/h6,8-9,11-12,15,26-30,34-36,40,51-52H,4-5,7,10,13-14,16-25H2,1-3H3,(H,43,49)(H,44,53)(H,57,58)(H,59,60)(H2,42,45,46)(H2,54,55,56)/p-4/b8-6-,11-9-,15-12-/t28?,29?,30-,34-,35-,36+,40-/m1/s1. The summed E-state index contributed by atoms with van der Waals surface area (Å²) in [5, 5.41) is 26.4. The van der Waals surface area contributed by atoms with E-state index in [9.17, 15) is 57.9 Å². The normalized spacial score (nSPS) is 23.0. The first-order valence-electron chi connectivity index (χ1n) is 22.6. The van der Waals surface area contributed by atoms with Crippen molar-refractivity contribution in [3.8, 4) is 0 Å². The summed E-state index contributed by atoms with van der Waals surface area (Å²) in [4.78, 5) is 96.9. The van der Waals surface area contributed by atoms with Gasteiger partial charge in [0.1, 0.15) is 36.3 Å². The number of rotatable bonds is 33. The number of imidazole rings is 1. The van der Waals surface area contributed by atoms with Gasteiger partial charge in [-0.25, -0.2) is 19.3 Å². The summed E-state index contributed by atoms with van der Waals surface area (Å²) >= 11 is 1.10. The summed E-state index contributed by atoms with van der Waals surface area (Å²) in [7, 11) is -17.6. The van der Waals surface area contributed by atoms with E-state index in [4.69, 9.17) is 15.2 Å². The lowest BCUT2D eigenvalue weighted by molar-refractivity contribution is -0.347. The highest BCUT2D eigenvalue weighted by atomic mass is 32.2. The monoisotopic (exact) mass is 1070 g/mol. The molecular weight excluding hydrogens is 1000 g/mol. The predicted molar refractivity (Wildman–Crippen MR) is 246 cm³/mol. The van der Waals surface area contributed by atoms with Crippen molar-refractivity contribution in [1.82, 2.24) is 30.2 Å². The number of carbonyl (C=O) groups is 3. The van der Waals surface area contributed by atoms with Gasteiger partial charge in [-0.2, -0.15) is 0 Å². The van der Waals surface area contributed by atoms with Crippen LogP contribution in [-0.2, 0) is 55.4 Å². The van der Waals surface area contributed by atoms with Crippen molar-refractivity contribution in [1.29, 1.82) is 0 Å². The van der Waals surface area contributed by atoms with Gasteiger partial charge >= 0.3 is 0 Å². The molecule has 0 bridgehead atoms. The summed E-state index contributed by atoms with van der Waals surface area (Å²) in [6.07, 6.45) is 15.3. The Hall–Kier alpha value is -3.26. The van der Waals surface area contributed by atoms with Crippen LogP contribution in [-0.4, -0.2) is 115 Å². The number of hydrogen-bond donors (Lipinski definition) is 5. The average molecular weight is 1070 g/mol. The zero-order chi connectivity index (χ0) is 51.5. The number of unbranched alkanes of at least 4 members (excludes halogenated alkanes) is 3. The van der Waals surface area contributed by atoms with Gasteiger partial charge in [0.15, 0.2) is 22.8 Å². The second kappa shape index (κ2) is 28.3. The van der Waals surface area contributed by atoms with Gasteiger partial charge in [0.2, 0.25) is 11.8 Å². The minimum Gasteiger partial charge on any atom is -0.790 e. The SMILES string of the molecule is CCCCCC1OC1C/C=C\C/C=C\C/C=C\CCCC(=O)SCCNC(=O)CCNC(=O)[C@H](O)C(C)(C)COP(=O)([O-])OP(=O)([O-])OC[C@H]1O[C@@H](n2cnc3c(N)ncnc32)[C@H](O)[C@@H]1OP(=O)([O-])[O-]. The molecule has 2 aromatic heterocycles. The number of ether oxygens (including phenoxy) is 2. The first-order valence-corrected chi connectivity index (χ1v) is 28.0. The molecule has 2 saturated heterocycles. The van der Waals surface area contributed by atoms with Crippen LogP contribution in [0.15, 0.2) is 49.1 Å². The number of aliphatic hydroxyl groups excluding tert-OH is 2. The van der Waals surface area contributed by atoms with Crippen LogP contribution in [0.4, 0.5) is 5.82 Å². The molecule has 2 fully saturated rings. The van der Waals surface area contributed by atoms with Crippen LogP contribution >= 0.6 is 35.2 Å². The number of hydrogen-bond acceptors (Lipinski definition) is 23. The molecular formula is C41H62N7O18P3S-4. The second-order valence-electron chi connectivity index (χ2n) is 16.9. The number of fused-ring (bicyclic) bond motifs is 1. The molecule has 0 aliphatic carbocycles. The Morgan fingerprint density at radius 1 is 0.914 bits per heavy atom. The lowest BCUT2D eigenvalue weighted by atomic mass is 9.87. The fourth-order valence-electron chi connectivity index (χ4n) is 6.83. The number of epoxide rings is 1. The highest BCUT2D eigenvalue weighted by Gasteiger charge is 2.47. The number of phosphoric ester groups is 3. The van der Waals surface area contributed by atoms with Crippen molar-refractivity contribution in [3.63, 3.8) is 0 Å². The fourth-order valence-corrected chi connectivity index (χ4v) is 10.3. The number of carbonyl (C=O) groups excluding carboxylic acids is 3. The largest absolute Gasteiger partial charge is 0.790 e. The fraction of sp³-hybridized carbons (Fsp3) is 0.659. The summed E-state index contributed by atoms with van der Waals surface area (Å²) in [5.74, 6) is -1.20. The maximum absolute atomic E-state index is 12.6. The quantitative estimate of drug-likeness (QED) is 0.0292. The zero-order valence-electron chi connectivity index (χ0n) is 39.0. The van der Waals surface area contributed by atoms with E-state index in [-0.39, 0.29) is 41.6 Å². The first-order chi connectivity index (χ1) is 33.0. The van der Waals surface area contributed by atoms with E-state index < -0.39 is 84.6 Å². The van der Waals surface area contributed by atoms with Crippen LogP contribution in [0.5, 0.6) is 0 Å². The number of anilines is 1. The van der Waals surface area contributed by atoms with E-state index in [0.717, 1.165) is 61.1 Å². The molecule has 0 spiro atoms. The lowest BCUT2D eigenvalue weighted by Crippen LogP contribution is -2.46. The third-order valence-corrected chi connectivity index (χ3v) is 14.6. The molecule has 4 heterocycles.